The van der Waals surface area contributed by atoms with Crippen molar-refractivity contribution in [1.82, 2.24) is 0 Å². The van der Waals surface area contributed by atoms with Gasteiger partial charge in [0.25, 0.3) is 0 Å². The van der Waals surface area contributed by atoms with Gasteiger partial charge in [-0.1, -0.05) is 0 Å². The molecule has 2 atom stereocenters. The Morgan fingerprint density at radius 3 is 2.40 bits per heavy atom. The van der Waals surface area contributed by atoms with Gasteiger partial charge in [-0.15, -0.1) is 0 Å². The van der Waals surface area contributed by atoms with Gasteiger partial charge in [-0.2, -0.15) is 0 Å². The maximum Gasteiger partial charge on any atom is 0.139 e. The number of hydrogen-bond donors (Lipinski definition) is 1. The molecule has 1 aromatic rings. The number of nitrogens with two attached hydrogens (primary N) is 1. The van der Waals surface area contributed by atoms with E-state index in [0.29, 0.717) is 13.2 Å². The molecule has 2 N–H and O–H groups in total. The highest BCUT2D eigenvalue weighted by atomic mass is 16.5. The van der Waals surface area contributed by atoms with Gasteiger partial charge in [-0.3, -0.25) is 0 Å². The fraction of sp³-hybridized carbons (Fsp3) is 0.455. The van der Waals surface area contributed by atoms with Crippen molar-refractivity contribution >= 4 is 0 Å². The first-order valence-electron chi connectivity index (χ1n) is 4.93. The van der Waals surface area contributed by atoms with E-state index >= 15 is 0 Å². The van der Waals surface area contributed by atoms with Crippen LogP contribution in [-0.4, -0.2) is 32.5 Å². The normalized spacial score (nSPS) is 25.2. The number of rotatable bonds is 3. The van der Waals surface area contributed by atoms with Crippen LogP contribution < -0.4 is 15.2 Å². The smallest absolute Gasteiger partial charge is 0.139 e. The van der Waals surface area contributed by atoms with Crippen molar-refractivity contribution in [2.24, 2.45) is 5.73 Å². The van der Waals surface area contributed by atoms with E-state index in [0.717, 1.165) is 11.5 Å². The van der Waals surface area contributed by atoms with E-state index in [-0.39, 0.29) is 12.1 Å². The molecule has 0 unspecified atom stereocenters. The van der Waals surface area contributed by atoms with E-state index in [1.54, 1.807) is 7.11 Å². The van der Waals surface area contributed by atoms with Crippen molar-refractivity contribution < 1.29 is 14.2 Å². The third-order valence-electron chi connectivity index (χ3n) is 2.42. The Kier molecular flexibility index (Phi) is 3.08. The highest BCUT2D eigenvalue weighted by molar-refractivity contribution is 5.31. The lowest BCUT2D eigenvalue weighted by Gasteiger charge is -2.15. The number of ether oxygens (including phenoxy) is 3. The number of hydrogen-bond acceptors (Lipinski definition) is 4. The van der Waals surface area contributed by atoms with Gasteiger partial charge in [0.2, 0.25) is 0 Å². The van der Waals surface area contributed by atoms with Gasteiger partial charge >= 0.3 is 0 Å². The average Bonchev–Trinajstić information content (AvgIpc) is 2.66. The van der Waals surface area contributed by atoms with Gasteiger partial charge < -0.3 is 19.9 Å². The largest absolute Gasteiger partial charge is 0.497 e. The third-order valence-corrected chi connectivity index (χ3v) is 2.42. The summed E-state index contributed by atoms with van der Waals surface area (Å²) < 4.78 is 15.9. The Morgan fingerprint density at radius 1 is 1.20 bits per heavy atom. The minimum atomic E-state index is -0.0432. The molecule has 2 rings (SSSR count). The van der Waals surface area contributed by atoms with E-state index in [4.69, 9.17) is 19.9 Å². The van der Waals surface area contributed by atoms with Gasteiger partial charge in [0.15, 0.2) is 0 Å². The van der Waals surface area contributed by atoms with Gasteiger partial charge in [-0.05, 0) is 24.3 Å². The zero-order valence-corrected chi connectivity index (χ0v) is 8.68. The maximum absolute atomic E-state index is 5.81. The molecule has 1 aliphatic heterocycles. The van der Waals surface area contributed by atoms with Crippen LogP contribution in [0.4, 0.5) is 0 Å². The van der Waals surface area contributed by atoms with Crippen LogP contribution in [0.2, 0.25) is 0 Å². The first-order chi connectivity index (χ1) is 7.29. The summed E-state index contributed by atoms with van der Waals surface area (Å²) in [4.78, 5) is 0. The quantitative estimate of drug-likeness (QED) is 0.800. The van der Waals surface area contributed by atoms with E-state index in [9.17, 15) is 0 Å². The van der Waals surface area contributed by atoms with E-state index in [1.165, 1.54) is 0 Å². The number of methoxy groups -OCH3 is 1. The molecule has 1 heterocycles. The Hall–Kier alpha value is -1.26. The summed E-state index contributed by atoms with van der Waals surface area (Å²) in [7, 11) is 1.64. The van der Waals surface area contributed by atoms with Crippen LogP contribution in [0.5, 0.6) is 11.5 Å². The Labute approximate surface area is 88.9 Å². The van der Waals surface area contributed by atoms with Crippen molar-refractivity contribution in [3.05, 3.63) is 24.3 Å². The molecule has 1 aliphatic rings. The van der Waals surface area contributed by atoms with Crippen molar-refractivity contribution in [2.45, 2.75) is 12.1 Å². The molecule has 1 saturated heterocycles. The van der Waals surface area contributed by atoms with Crippen molar-refractivity contribution in [1.29, 1.82) is 0 Å². The molecule has 15 heavy (non-hydrogen) atoms. The second kappa shape index (κ2) is 4.51. The van der Waals surface area contributed by atoms with Gasteiger partial charge in [0, 0.05) is 0 Å². The summed E-state index contributed by atoms with van der Waals surface area (Å²) in [6.07, 6.45) is -0.0432. The van der Waals surface area contributed by atoms with Crippen LogP contribution in [0.25, 0.3) is 0 Å². The Morgan fingerprint density at radius 2 is 1.87 bits per heavy atom. The van der Waals surface area contributed by atoms with Crippen LogP contribution >= 0.6 is 0 Å². The molecule has 1 aromatic carbocycles. The fourth-order valence-electron chi connectivity index (χ4n) is 1.50. The summed E-state index contributed by atoms with van der Waals surface area (Å²) in [6.45, 7) is 1.13. The first-order valence-corrected chi connectivity index (χ1v) is 4.93. The summed E-state index contributed by atoms with van der Waals surface area (Å²) in [5.74, 6) is 1.61. The van der Waals surface area contributed by atoms with Crippen LogP contribution in [0, 0.1) is 0 Å². The van der Waals surface area contributed by atoms with Crippen LogP contribution in [-0.2, 0) is 4.74 Å². The molecule has 0 aromatic heterocycles. The SMILES string of the molecule is COc1ccc(O[C@@H]2COC[C@@H]2N)cc1. The molecule has 0 bridgehead atoms. The lowest BCUT2D eigenvalue weighted by molar-refractivity contribution is 0.140. The lowest BCUT2D eigenvalue weighted by Crippen LogP contribution is -2.37. The predicted molar refractivity (Wildman–Crippen MR) is 56.2 cm³/mol. The second-order valence-electron chi connectivity index (χ2n) is 3.53. The molecular formula is C11H15NO3. The zero-order chi connectivity index (χ0) is 10.7. The molecular weight excluding hydrogens is 194 g/mol. The minimum absolute atomic E-state index is 0.0351. The van der Waals surface area contributed by atoms with Crippen LogP contribution in [0.15, 0.2) is 24.3 Å². The summed E-state index contributed by atoms with van der Waals surface area (Å²) >= 11 is 0. The van der Waals surface area contributed by atoms with Crippen LogP contribution in [0.3, 0.4) is 0 Å². The lowest BCUT2D eigenvalue weighted by atomic mass is 10.2. The summed E-state index contributed by atoms with van der Waals surface area (Å²) in [5, 5.41) is 0. The van der Waals surface area contributed by atoms with Gasteiger partial charge in [0.05, 0.1) is 26.4 Å². The predicted octanol–water partition coefficient (Wildman–Crippen LogP) is 0.800. The molecule has 0 aliphatic carbocycles. The van der Waals surface area contributed by atoms with E-state index < -0.39 is 0 Å². The number of benzene rings is 1. The van der Waals surface area contributed by atoms with Gasteiger partial charge in [-0.25, -0.2) is 0 Å². The topological polar surface area (TPSA) is 53.7 Å². The zero-order valence-electron chi connectivity index (χ0n) is 8.68. The second-order valence-corrected chi connectivity index (χ2v) is 3.53. The fourth-order valence-corrected chi connectivity index (χ4v) is 1.50. The molecule has 1 fully saturated rings. The Balaban J connectivity index is 1.98. The molecule has 0 radical (unpaired) electrons. The molecule has 0 amide bonds. The molecule has 0 saturated carbocycles. The monoisotopic (exact) mass is 209 g/mol. The molecule has 0 spiro atoms. The minimum Gasteiger partial charge on any atom is -0.497 e. The maximum atomic E-state index is 5.81. The summed E-state index contributed by atoms with van der Waals surface area (Å²) in [5.41, 5.74) is 5.81. The third kappa shape index (κ3) is 2.40. The van der Waals surface area contributed by atoms with Crippen LogP contribution in [0.1, 0.15) is 0 Å². The molecule has 82 valence electrons. The first kappa shape index (κ1) is 10.3. The molecule has 4 nitrogen and oxygen atoms in total. The van der Waals surface area contributed by atoms with E-state index in [1.807, 2.05) is 24.3 Å². The Bertz CT molecular complexity index is 312. The van der Waals surface area contributed by atoms with Crippen molar-refractivity contribution in [3.63, 3.8) is 0 Å². The van der Waals surface area contributed by atoms with Gasteiger partial charge in [0.1, 0.15) is 17.6 Å². The van der Waals surface area contributed by atoms with Crippen molar-refractivity contribution in [3.8, 4) is 11.5 Å². The highest BCUT2D eigenvalue weighted by Gasteiger charge is 2.26. The van der Waals surface area contributed by atoms with Crippen molar-refractivity contribution in [2.75, 3.05) is 20.3 Å². The highest BCUT2D eigenvalue weighted by Crippen LogP contribution is 2.20. The average molecular weight is 209 g/mol. The molecule has 4 heteroatoms. The standard InChI is InChI=1S/C11H15NO3/c1-13-8-2-4-9(5-3-8)15-11-7-14-6-10(11)12/h2-5,10-11H,6-7,12H2,1H3/t10-,11+/m0/s1. The van der Waals surface area contributed by atoms with E-state index in [2.05, 4.69) is 0 Å². The summed E-state index contributed by atoms with van der Waals surface area (Å²) in [6, 6.07) is 7.41.